The van der Waals surface area contributed by atoms with Crippen LogP contribution in [0, 0.1) is 17.1 Å². The van der Waals surface area contributed by atoms with E-state index < -0.39 is 11.7 Å². The van der Waals surface area contributed by atoms with Crippen molar-refractivity contribution in [3.63, 3.8) is 0 Å². The molecular weight excluding hydrogens is 521 g/mol. The number of amides is 1. The standard InChI is InChI=1S/C31H28FN7O2/c32-26-3-1-2-22(17-4-5-17)28(26)31-37-14-25(29(38-31)30(35)41)23-7-6-18(24-13-36-9-8-19(24)12-33)10-27(23)39-15-20(34)11-21(39)16-40/h1-3,6-10,13-14,17,20-21,40H,4-5,11,15-16,34H2,(H2,35,41)/t20-,21-/m0/s1. The van der Waals surface area contributed by atoms with Crippen LogP contribution in [-0.4, -0.2) is 51.2 Å². The normalized spacial score (nSPS) is 18.3. The van der Waals surface area contributed by atoms with Crippen molar-refractivity contribution in [3.05, 3.63) is 83.7 Å². The molecule has 2 aliphatic rings. The van der Waals surface area contributed by atoms with Crippen LogP contribution in [0.15, 0.2) is 61.1 Å². The molecule has 1 saturated carbocycles. The van der Waals surface area contributed by atoms with Gasteiger partial charge in [-0.15, -0.1) is 0 Å². The molecule has 6 rings (SSSR count). The van der Waals surface area contributed by atoms with E-state index in [0.29, 0.717) is 40.9 Å². The predicted molar refractivity (Wildman–Crippen MR) is 152 cm³/mol. The lowest BCUT2D eigenvalue weighted by Gasteiger charge is -2.28. The smallest absolute Gasteiger partial charge is 0.268 e. The van der Waals surface area contributed by atoms with E-state index in [1.807, 2.05) is 23.1 Å². The number of anilines is 1. The summed E-state index contributed by atoms with van der Waals surface area (Å²) in [5.74, 6) is -0.894. The first kappa shape index (κ1) is 26.5. The van der Waals surface area contributed by atoms with Crippen molar-refractivity contribution in [1.29, 1.82) is 5.26 Å². The number of nitrogens with zero attached hydrogens (tertiary/aromatic N) is 5. The Bertz CT molecular complexity index is 1700. The number of halogens is 1. The molecule has 3 heterocycles. The monoisotopic (exact) mass is 549 g/mol. The van der Waals surface area contributed by atoms with Crippen molar-refractivity contribution in [3.8, 4) is 39.7 Å². The number of pyridine rings is 1. The Morgan fingerprint density at radius 2 is 1.98 bits per heavy atom. The van der Waals surface area contributed by atoms with E-state index in [1.165, 1.54) is 12.3 Å². The summed E-state index contributed by atoms with van der Waals surface area (Å²) < 4.78 is 15.1. The van der Waals surface area contributed by atoms with Gasteiger partial charge in [0.15, 0.2) is 5.82 Å². The first-order chi connectivity index (χ1) is 19.9. The Balaban J connectivity index is 1.54. The molecule has 206 valence electrons. The van der Waals surface area contributed by atoms with Crippen LogP contribution in [0.25, 0.3) is 33.6 Å². The molecular formula is C31H28FN7O2. The van der Waals surface area contributed by atoms with E-state index in [9.17, 15) is 15.2 Å². The number of aromatic nitrogens is 3. The highest BCUT2D eigenvalue weighted by molar-refractivity contribution is 6.00. The number of aliphatic hydroxyl groups excluding tert-OH is 1. The van der Waals surface area contributed by atoms with Crippen molar-refractivity contribution < 1.29 is 14.3 Å². The molecule has 2 aromatic heterocycles. The Kier molecular flexibility index (Phi) is 6.91. The van der Waals surface area contributed by atoms with Gasteiger partial charge in [-0.3, -0.25) is 9.78 Å². The Labute approximate surface area is 236 Å². The van der Waals surface area contributed by atoms with E-state index in [4.69, 9.17) is 11.5 Å². The summed E-state index contributed by atoms with van der Waals surface area (Å²) in [6.45, 7) is 0.341. The average molecular weight is 550 g/mol. The van der Waals surface area contributed by atoms with E-state index in [2.05, 4.69) is 21.0 Å². The highest BCUT2D eigenvalue weighted by Crippen LogP contribution is 2.45. The molecule has 0 spiro atoms. The zero-order valence-corrected chi connectivity index (χ0v) is 22.2. The van der Waals surface area contributed by atoms with Gasteiger partial charge in [-0.2, -0.15) is 5.26 Å². The number of carbonyl (C=O) groups excluding carboxylic acids is 1. The number of nitrogens with two attached hydrogens (primary N) is 2. The second kappa shape index (κ2) is 10.7. The molecule has 0 unspecified atom stereocenters. The molecule has 4 aromatic rings. The maximum Gasteiger partial charge on any atom is 0.268 e. The molecule has 1 aliphatic carbocycles. The fourth-order valence-electron chi connectivity index (χ4n) is 5.71. The molecule has 41 heavy (non-hydrogen) atoms. The minimum Gasteiger partial charge on any atom is -0.394 e. The summed E-state index contributed by atoms with van der Waals surface area (Å²) in [4.78, 5) is 28.0. The Morgan fingerprint density at radius 3 is 2.71 bits per heavy atom. The summed E-state index contributed by atoms with van der Waals surface area (Å²) in [6.07, 6.45) is 7.17. The van der Waals surface area contributed by atoms with E-state index >= 15 is 4.39 Å². The summed E-state index contributed by atoms with van der Waals surface area (Å²) in [5, 5.41) is 19.8. The molecule has 10 heteroatoms. The number of hydrogen-bond donors (Lipinski definition) is 3. The average Bonchev–Trinajstić information content (AvgIpc) is 3.77. The van der Waals surface area contributed by atoms with Gasteiger partial charge in [-0.05, 0) is 54.5 Å². The molecule has 1 saturated heterocycles. The van der Waals surface area contributed by atoms with Gasteiger partial charge in [0.05, 0.1) is 29.8 Å². The molecule has 0 bridgehead atoms. The maximum atomic E-state index is 15.1. The number of benzene rings is 2. The zero-order valence-electron chi connectivity index (χ0n) is 22.2. The van der Waals surface area contributed by atoms with Crippen LogP contribution in [-0.2, 0) is 0 Å². The van der Waals surface area contributed by atoms with Crippen LogP contribution in [0.1, 0.15) is 46.8 Å². The number of nitriles is 1. The Morgan fingerprint density at radius 1 is 1.15 bits per heavy atom. The van der Waals surface area contributed by atoms with Crippen LogP contribution in [0.3, 0.4) is 0 Å². The molecule has 5 N–H and O–H groups in total. The molecule has 2 fully saturated rings. The molecule has 9 nitrogen and oxygen atoms in total. The van der Waals surface area contributed by atoms with E-state index in [-0.39, 0.29) is 41.7 Å². The molecule has 1 amide bonds. The van der Waals surface area contributed by atoms with Crippen LogP contribution in [0.5, 0.6) is 0 Å². The number of aliphatic hydroxyl groups is 1. The second-order valence-electron chi connectivity index (χ2n) is 10.5. The first-order valence-corrected chi connectivity index (χ1v) is 13.5. The second-order valence-corrected chi connectivity index (χ2v) is 10.5. The van der Waals surface area contributed by atoms with Crippen molar-refractivity contribution in [2.75, 3.05) is 18.1 Å². The van der Waals surface area contributed by atoms with Crippen molar-refractivity contribution in [2.24, 2.45) is 11.5 Å². The fraction of sp³-hybridized carbons (Fsp3) is 0.258. The molecule has 1 aliphatic heterocycles. The number of hydrogen-bond acceptors (Lipinski definition) is 8. The lowest BCUT2D eigenvalue weighted by molar-refractivity contribution is 0.0996. The van der Waals surface area contributed by atoms with Gasteiger partial charge in [-0.25, -0.2) is 14.4 Å². The summed E-state index contributed by atoms with van der Waals surface area (Å²) in [7, 11) is 0. The zero-order chi connectivity index (χ0) is 28.7. The molecule has 2 aromatic carbocycles. The first-order valence-electron chi connectivity index (χ1n) is 13.5. The predicted octanol–water partition coefficient (Wildman–Crippen LogP) is 3.76. The van der Waals surface area contributed by atoms with Gasteiger partial charge in [0, 0.05) is 53.6 Å². The van der Waals surface area contributed by atoms with Gasteiger partial charge in [0.25, 0.3) is 5.91 Å². The lowest BCUT2D eigenvalue weighted by Crippen LogP contribution is -2.33. The van der Waals surface area contributed by atoms with Gasteiger partial charge < -0.3 is 21.5 Å². The van der Waals surface area contributed by atoms with Gasteiger partial charge in [0.2, 0.25) is 0 Å². The maximum absolute atomic E-state index is 15.1. The SMILES string of the molecule is N#Cc1ccncc1-c1ccc(-c2cnc(-c3c(F)cccc3C3CC3)nc2C(N)=O)c(N2C[C@@H](N)C[C@H]2CO)c1. The summed E-state index contributed by atoms with van der Waals surface area (Å²) in [6, 6.07) is 13.8. The molecule has 0 radical (unpaired) electrons. The minimum absolute atomic E-state index is 0.0443. The largest absolute Gasteiger partial charge is 0.394 e. The van der Waals surface area contributed by atoms with Gasteiger partial charge >= 0.3 is 0 Å². The molecule has 2 atom stereocenters. The minimum atomic E-state index is -0.779. The third kappa shape index (κ3) is 4.90. The van der Waals surface area contributed by atoms with Crippen molar-refractivity contribution in [2.45, 2.75) is 37.3 Å². The lowest BCUT2D eigenvalue weighted by atomic mass is 9.95. The number of carbonyl (C=O) groups is 1. The third-order valence-corrected chi connectivity index (χ3v) is 7.82. The van der Waals surface area contributed by atoms with Crippen LogP contribution in [0.2, 0.25) is 0 Å². The summed E-state index contributed by atoms with van der Waals surface area (Å²) in [5.41, 5.74) is 16.7. The number of primary amides is 1. The van der Waals surface area contributed by atoms with Crippen molar-refractivity contribution in [1.82, 2.24) is 15.0 Å². The third-order valence-electron chi connectivity index (χ3n) is 7.82. The van der Waals surface area contributed by atoms with Crippen molar-refractivity contribution >= 4 is 11.6 Å². The van der Waals surface area contributed by atoms with Crippen LogP contribution >= 0.6 is 0 Å². The summed E-state index contributed by atoms with van der Waals surface area (Å²) >= 11 is 0. The van der Waals surface area contributed by atoms with Gasteiger partial charge in [0.1, 0.15) is 11.5 Å². The number of rotatable bonds is 7. The highest BCUT2D eigenvalue weighted by atomic mass is 19.1. The quantitative estimate of drug-likeness (QED) is 0.315. The highest BCUT2D eigenvalue weighted by Gasteiger charge is 2.33. The van der Waals surface area contributed by atoms with Crippen LogP contribution in [0.4, 0.5) is 10.1 Å². The van der Waals surface area contributed by atoms with E-state index in [1.54, 1.807) is 30.6 Å². The Hall–Kier alpha value is -4.72. The van der Waals surface area contributed by atoms with Gasteiger partial charge in [-0.1, -0.05) is 24.3 Å². The van der Waals surface area contributed by atoms with Crippen LogP contribution < -0.4 is 16.4 Å². The van der Waals surface area contributed by atoms with E-state index in [0.717, 1.165) is 24.0 Å². The fourth-order valence-corrected chi connectivity index (χ4v) is 5.71. The topological polar surface area (TPSA) is 155 Å².